The van der Waals surface area contributed by atoms with Gasteiger partial charge >= 0.3 is 6.18 Å². The van der Waals surface area contributed by atoms with E-state index in [4.69, 9.17) is 11.6 Å². The van der Waals surface area contributed by atoms with Crippen molar-refractivity contribution in [2.75, 3.05) is 6.61 Å². The second-order valence-corrected chi connectivity index (χ2v) is 6.43. The second-order valence-electron chi connectivity index (χ2n) is 6.05. The molecule has 1 aromatic carbocycles. The average Bonchev–Trinajstić information content (AvgIpc) is 2.94. The Bertz CT molecular complexity index is 901. The van der Waals surface area contributed by atoms with Crippen molar-refractivity contribution in [3.8, 4) is 0 Å². The molecule has 0 saturated carbocycles. The minimum Gasteiger partial charge on any atom is -0.394 e. The van der Waals surface area contributed by atoms with Crippen LogP contribution in [0.1, 0.15) is 23.1 Å². The van der Waals surface area contributed by atoms with Crippen LogP contribution in [0.3, 0.4) is 0 Å². The molecular weight excluding hydrogens is 421 g/mol. The van der Waals surface area contributed by atoms with Gasteiger partial charge in [-0.2, -0.15) is 18.3 Å². The summed E-state index contributed by atoms with van der Waals surface area (Å²) in [5.41, 5.74) is -1.43. The number of benzene rings is 1. The third kappa shape index (κ3) is 5.22. The number of hydrogen-bond acceptors (Lipinski definition) is 6. The van der Waals surface area contributed by atoms with Gasteiger partial charge in [0.2, 0.25) is 5.91 Å². The van der Waals surface area contributed by atoms with Gasteiger partial charge in [0.25, 0.3) is 5.69 Å². The van der Waals surface area contributed by atoms with Gasteiger partial charge < -0.3 is 15.5 Å². The summed E-state index contributed by atoms with van der Waals surface area (Å²) in [5, 5.41) is 35.4. The monoisotopic (exact) mass is 436 g/mol. The molecule has 0 fully saturated rings. The number of nitrogens with one attached hydrogen (secondary N) is 1. The molecule has 158 valence electrons. The number of aromatic nitrogens is 2. The van der Waals surface area contributed by atoms with E-state index in [0.717, 1.165) is 16.8 Å². The van der Waals surface area contributed by atoms with Crippen LogP contribution >= 0.6 is 11.6 Å². The molecule has 0 spiro atoms. The Morgan fingerprint density at radius 1 is 1.38 bits per heavy atom. The largest absolute Gasteiger partial charge is 0.436 e. The molecular formula is C16H16ClF3N4O5. The fourth-order valence-electron chi connectivity index (χ4n) is 2.50. The number of nitrogens with zero attached hydrogens (tertiary/aromatic N) is 3. The summed E-state index contributed by atoms with van der Waals surface area (Å²) < 4.78 is 39.3. The lowest BCUT2D eigenvalue weighted by Crippen LogP contribution is -2.43. The maximum Gasteiger partial charge on any atom is 0.436 e. The Balaban J connectivity index is 2.11. The molecule has 0 saturated heterocycles. The average molecular weight is 437 g/mol. The van der Waals surface area contributed by atoms with E-state index >= 15 is 0 Å². The molecule has 29 heavy (non-hydrogen) atoms. The summed E-state index contributed by atoms with van der Waals surface area (Å²) in [6.07, 6.45) is -6.21. The van der Waals surface area contributed by atoms with Gasteiger partial charge in [-0.25, -0.2) is 0 Å². The number of nitro groups is 1. The quantitative estimate of drug-likeness (QED) is 0.449. The van der Waals surface area contributed by atoms with Gasteiger partial charge in [-0.1, -0.05) is 11.6 Å². The number of aliphatic hydroxyl groups excluding tert-OH is 2. The fraction of sp³-hybridized carbons (Fsp3) is 0.375. The molecule has 0 radical (unpaired) electrons. The minimum atomic E-state index is -4.79. The molecule has 0 aliphatic carbocycles. The van der Waals surface area contributed by atoms with Crippen molar-refractivity contribution in [3.05, 3.63) is 56.4 Å². The molecule has 2 unspecified atom stereocenters. The van der Waals surface area contributed by atoms with Crippen molar-refractivity contribution < 1.29 is 33.1 Å². The molecule has 2 atom stereocenters. The van der Waals surface area contributed by atoms with Crippen LogP contribution in [0.15, 0.2) is 24.3 Å². The summed E-state index contributed by atoms with van der Waals surface area (Å²) in [7, 11) is 0. The fourth-order valence-corrected chi connectivity index (χ4v) is 2.74. The molecule has 13 heteroatoms. The van der Waals surface area contributed by atoms with E-state index in [-0.39, 0.29) is 16.9 Å². The number of alkyl halides is 3. The van der Waals surface area contributed by atoms with Crippen LogP contribution in [-0.4, -0.2) is 43.5 Å². The lowest BCUT2D eigenvalue weighted by Gasteiger charge is -2.22. The SMILES string of the molecule is Cc1c(Cl)c(C(F)(F)F)nn1CC(=O)NC(CO)C(O)c1ccc([N+](=O)[O-])cc1. The summed E-state index contributed by atoms with van der Waals surface area (Å²) in [6.45, 7) is -0.0746. The molecule has 9 nitrogen and oxygen atoms in total. The van der Waals surface area contributed by atoms with Crippen LogP contribution in [0.2, 0.25) is 5.02 Å². The smallest absolute Gasteiger partial charge is 0.394 e. The number of non-ortho nitro benzene ring substituents is 1. The van der Waals surface area contributed by atoms with Gasteiger partial charge in [0, 0.05) is 12.1 Å². The molecule has 1 aromatic heterocycles. The van der Waals surface area contributed by atoms with Crippen molar-refractivity contribution in [2.45, 2.75) is 31.8 Å². The minimum absolute atomic E-state index is 0.0781. The molecule has 1 amide bonds. The zero-order chi connectivity index (χ0) is 21.9. The van der Waals surface area contributed by atoms with Gasteiger partial charge in [-0.15, -0.1) is 0 Å². The zero-order valence-electron chi connectivity index (χ0n) is 14.9. The second kappa shape index (κ2) is 8.76. The van der Waals surface area contributed by atoms with E-state index < -0.39 is 53.0 Å². The number of carbonyl (C=O) groups excluding carboxylic acids is 1. The Hall–Kier alpha value is -2.70. The van der Waals surface area contributed by atoms with Crippen molar-refractivity contribution in [3.63, 3.8) is 0 Å². The van der Waals surface area contributed by atoms with Crippen LogP contribution in [0.4, 0.5) is 18.9 Å². The van der Waals surface area contributed by atoms with Crippen LogP contribution < -0.4 is 5.32 Å². The van der Waals surface area contributed by atoms with E-state index in [2.05, 4.69) is 10.4 Å². The van der Waals surface area contributed by atoms with Crippen molar-refractivity contribution in [1.82, 2.24) is 15.1 Å². The van der Waals surface area contributed by atoms with E-state index in [9.17, 15) is 38.3 Å². The predicted molar refractivity (Wildman–Crippen MR) is 94.0 cm³/mol. The van der Waals surface area contributed by atoms with Crippen LogP contribution in [0.5, 0.6) is 0 Å². The van der Waals surface area contributed by atoms with E-state index in [1.165, 1.54) is 19.1 Å². The number of halogens is 4. The van der Waals surface area contributed by atoms with Gasteiger partial charge in [-0.05, 0) is 24.6 Å². The normalized spacial score (nSPS) is 13.8. The lowest BCUT2D eigenvalue weighted by atomic mass is 10.0. The van der Waals surface area contributed by atoms with Gasteiger partial charge in [0.05, 0.1) is 28.3 Å². The maximum atomic E-state index is 12.8. The summed E-state index contributed by atoms with van der Waals surface area (Å²) >= 11 is 5.62. The molecule has 2 aromatic rings. The predicted octanol–water partition coefficient (Wildman–Crippen LogP) is 1.98. The number of carbonyl (C=O) groups is 1. The highest BCUT2D eigenvalue weighted by Gasteiger charge is 2.38. The molecule has 0 bridgehead atoms. The van der Waals surface area contributed by atoms with Crippen molar-refractivity contribution >= 4 is 23.2 Å². The molecule has 3 N–H and O–H groups in total. The Labute approximate surface area is 166 Å². The standard InChI is InChI=1S/C16H16ClF3N4O5/c1-8-13(17)15(16(18,19)20)22-23(8)6-12(26)21-11(7-25)14(27)9-2-4-10(5-3-9)24(28)29/h2-5,11,14,25,27H,6-7H2,1H3,(H,21,26). The Morgan fingerprint density at radius 2 is 1.97 bits per heavy atom. The summed E-state index contributed by atoms with van der Waals surface area (Å²) in [6, 6.07) is 3.58. The number of hydrogen-bond donors (Lipinski definition) is 3. The van der Waals surface area contributed by atoms with Gasteiger partial charge in [0.1, 0.15) is 12.6 Å². The number of nitro benzene ring substituents is 1. The Kier molecular flexibility index (Phi) is 6.82. The maximum absolute atomic E-state index is 12.8. The zero-order valence-corrected chi connectivity index (χ0v) is 15.6. The first-order valence-electron chi connectivity index (χ1n) is 8.08. The van der Waals surface area contributed by atoms with E-state index in [0.29, 0.717) is 0 Å². The highest BCUT2D eigenvalue weighted by Crippen LogP contribution is 2.35. The summed E-state index contributed by atoms with van der Waals surface area (Å²) in [5.74, 6) is -0.832. The number of aliphatic hydroxyl groups is 2. The Morgan fingerprint density at radius 3 is 2.41 bits per heavy atom. The lowest BCUT2D eigenvalue weighted by molar-refractivity contribution is -0.384. The van der Waals surface area contributed by atoms with Gasteiger partial charge in [0.15, 0.2) is 5.69 Å². The van der Waals surface area contributed by atoms with Crippen LogP contribution in [0.25, 0.3) is 0 Å². The summed E-state index contributed by atoms with van der Waals surface area (Å²) in [4.78, 5) is 22.2. The van der Waals surface area contributed by atoms with Crippen molar-refractivity contribution in [1.29, 1.82) is 0 Å². The topological polar surface area (TPSA) is 131 Å². The number of rotatable bonds is 7. The molecule has 0 aliphatic heterocycles. The molecule has 1 heterocycles. The molecule has 0 aliphatic rings. The van der Waals surface area contributed by atoms with Crippen LogP contribution in [0, 0.1) is 17.0 Å². The highest BCUT2D eigenvalue weighted by molar-refractivity contribution is 6.32. The first kappa shape index (κ1) is 22.6. The van der Waals surface area contributed by atoms with Crippen molar-refractivity contribution in [2.24, 2.45) is 0 Å². The van der Waals surface area contributed by atoms with E-state index in [1.54, 1.807) is 0 Å². The highest BCUT2D eigenvalue weighted by atomic mass is 35.5. The first-order chi connectivity index (χ1) is 13.5. The first-order valence-corrected chi connectivity index (χ1v) is 8.46. The van der Waals surface area contributed by atoms with Gasteiger partial charge in [-0.3, -0.25) is 19.6 Å². The third-order valence-corrected chi connectivity index (χ3v) is 4.52. The number of amides is 1. The van der Waals surface area contributed by atoms with E-state index in [1.807, 2.05) is 0 Å². The third-order valence-electron chi connectivity index (χ3n) is 4.06. The van der Waals surface area contributed by atoms with Crippen LogP contribution in [-0.2, 0) is 17.5 Å². The molecule has 2 rings (SSSR count).